The molecule has 6 atom stereocenters. The molecule has 1 aliphatic carbocycles. The average molecular weight is 767 g/mol. The van der Waals surface area contributed by atoms with Gasteiger partial charge in [0, 0.05) is 6.04 Å². The topological polar surface area (TPSA) is 234 Å². The molecule has 2 aliphatic rings. The Morgan fingerprint density at radius 3 is 2.06 bits per heavy atom. The minimum Gasteiger partial charge on any atom is -0.465 e. The third-order valence-electron chi connectivity index (χ3n) is 9.14. The quantitative estimate of drug-likeness (QED) is 0.0631. The van der Waals surface area contributed by atoms with Gasteiger partial charge in [0.2, 0.25) is 5.95 Å². The minimum absolute atomic E-state index is 0.0260. The van der Waals surface area contributed by atoms with Crippen LogP contribution in [0, 0.1) is 0 Å². The highest BCUT2D eigenvalue weighted by atomic mass is 31.2. The van der Waals surface area contributed by atoms with Crippen LogP contribution in [0.15, 0.2) is 67.0 Å². The molecule has 18 heteroatoms. The van der Waals surface area contributed by atoms with Gasteiger partial charge >= 0.3 is 19.6 Å². The first-order chi connectivity index (χ1) is 25.9. The summed E-state index contributed by atoms with van der Waals surface area (Å²) in [5.41, 5.74) is 6.24. The first-order valence-electron chi connectivity index (χ1n) is 17.9. The molecule has 290 valence electrons. The molecular weight excluding hydrogens is 719 g/mol. The van der Waals surface area contributed by atoms with Crippen molar-refractivity contribution in [3.05, 3.63) is 78.1 Å². The van der Waals surface area contributed by atoms with E-state index >= 15 is 0 Å². The summed E-state index contributed by atoms with van der Waals surface area (Å²) >= 11 is 0. The fraction of sp³-hybridized carbons (Fsp3) is 0.472. The molecule has 1 saturated carbocycles. The first-order valence-corrected chi connectivity index (χ1v) is 19.6. The summed E-state index contributed by atoms with van der Waals surface area (Å²) in [6.45, 7) is 4.23. The number of nitrogens with zero attached hydrogens (tertiary/aromatic N) is 4. The second-order valence-electron chi connectivity index (χ2n) is 13.5. The van der Waals surface area contributed by atoms with Crippen LogP contribution in [0.1, 0.15) is 51.0 Å². The number of imidazole rings is 1. The number of ether oxygens (including phenoxy) is 3. The lowest BCUT2D eigenvalue weighted by Crippen LogP contribution is -2.47. The number of nitrogens with one attached hydrogen (secondary N) is 3. The lowest BCUT2D eigenvalue weighted by molar-refractivity contribution is -0.145. The molecule has 7 N–H and O–H groups in total. The highest BCUT2D eigenvalue weighted by Crippen LogP contribution is 2.45. The molecule has 0 amide bonds. The summed E-state index contributed by atoms with van der Waals surface area (Å²) in [7, 11) is -4.46. The van der Waals surface area contributed by atoms with Gasteiger partial charge in [0.25, 0.3) is 0 Å². The van der Waals surface area contributed by atoms with Gasteiger partial charge < -0.3 is 40.0 Å². The van der Waals surface area contributed by atoms with E-state index in [0.717, 1.165) is 24.0 Å². The van der Waals surface area contributed by atoms with E-state index in [-0.39, 0.29) is 43.7 Å². The summed E-state index contributed by atoms with van der Waals surface area (Å²) in [5, 5.41) is 32.0. The van der Waals surface area contributed by atoms with Gasteiger partial charge in [-0.05, 0) is 57.6 Å². The number of hydrogen-bond acceptors (Lipinski definition) is 14. The normalized spacial score (nSPS) is 22.5. The monoisotopic (exact) mass is 766 g/mol. The van der Waals surface area contributed by atoms with E-state index in [1.807, 2.05) is 12.1 Å². The number of nitrogens with two attached hydrogens (primary N) is 1. The van der Waals surface area contributed by atoms with Crippen molar-refractivity contribution in [2.75, 3.05) is 30.9 Å². The molecule has 1 aliphatic heterocycles. The van der Waals surface area contributed by atoms with Crippen molar-refractivity contribution in [1.82, 2.24) is 29.7 Å². The van der Waals surface area contributed by atoms with E-state index in [4.69, 9.17) is 24.5 Å². The number of rotatable bonds is 18. The summed E-state index contributed by atoms with van der Waals surface area (Å²) in [6.07, 6.45) is -0.604. The van der Waals surface area contributed by atoms with Crippen LogP contribution in [-0.2, 0) is 45.7 Å². The fourth-order valence-electron chi connectivity index (χ4n) is 6.25. The Morgan fingerprint density at radius 2 is 1.54 bits per heavy atom. The SMILES string of the molecule is CCOC(=O)[C@H](Cc1ccccc1)NP(=O)(N[C@@H](Cc1ccccc1)C(=O)OCC)OC[C@H]1O[C@@H](n2cnc3c(NC4CC4)nc(N)nc32)C(C)(O)C1O. The van der Waals surface area contributed by atoms with Crippen molar-refractivity contribution in [3.8, 4) is 0 Å². The average Bonchev–Trinajstić information content (AvgIpc) is 3.82. The number of carbonyl (C=O) groups excluding carboxylic acids is 2. The Kier molecular flexibility index (Phi) is 12.3. The number of aliphatic hydroxyl groups is 2. The lowest BCUT2D eigenvalue weighted by atomic mass is 9.96. The Bertz CT molecular complexity index is 1880. The Balaban J connectivity index is 1.29. The molecule has 54 heavy (non-hydrogen) atoms. The molecule has 0 radical (unpaired) electrons. The third-order valence-corrected chi connectivity index (χ3v) is 11.0. The van der Waals surface area contributed by atoms with E-state index in [1.165, 1.54) is 17.8 Å². The smallest absolute Gasteiger partial charge is 0.342 e. The highest BCUT2D eigenvalue weighted by molar-refractivity contribution is 7.54. The molecule has 2 aromatic carbocycles. The summed E-state index contributed by atoms with van der Waals surface area (Å²) < 4.78 is 39.4. The van der Waals surface area contributed by atoms with Crippen LogP contribution in [0.4, 0.5) is 11.8 Å². The zero-order valence-corrected chi connectivity index (χ0v) is 31.2. The molecule has 2 fully saturated rings. The first kappa shape index (κ1) is 39.2. The molecule has 2 aromatic heterocycles. The van der Waals surface area contributed by atoms with Gasteiger partial charge in [0.05, 0.1) is 26.1 Å². The van der Waals surface area contributed by atoms with Crippen molar-refractivity contribution in [3.63, 3.8) is 0 Å². The van der Waals surface area contributed by atoms with E-state index in [0.29, 0.717) is 11.3 Å². The number of carbonyl (C=O) groups is 2. The van der Waals surface area contributed by atoms with Gasteiger partial charge in [-0.25, -0.2) is 15.2 Å². The predicted octanol–water partition coefficient (Wildman–Crippen LogP) is 2.64. The molecule has 17 nitrogen and oxygen atoms in total. The number of benzene rings is 2. The van der Waals surface area contributed by atoms with Crippen LogP contribution in [0.25, 0.3) is 11.2 Å². The van der Waals surface area contributed by atoms with Gasteiger partial charge in [0.1, 0.15) is 29.9 Å². The maximum Gasteiger partial charge on any atom is 0.342 e. The van der Waals surface area contributed by atoms with Crippen molar-refractivity contribution < 1.29 is 43.1 Å². The van der Waals surface area contributed by atoms with Gasteiger partial charge in [-0.15, -0.1) is 0 Å². The van der Waals surface area contributed by atoms with E-state index in [2.05, 4.69) is 30.4 Å². The minimum atomic E-state index is -4.46. The second kappa shape index (κ2) is 16.9. The van der Waals surface area contributed by atoms with E-state index < -0.39 is 62.3 Å². The number of hydrogen-bond donors (Lipinski definition) is 6. The number of aromatic nitrogens is 4. The van der Waals surface area contributed by atoms with Crippen LogP contribution in [0.2, 0.25) is 0 Å². The highest BCUT2D eigenvalue weighted by Gasteiger charge is 2.54. The van der Waals surface area contributed by atoms with Crippen LogP contribution in [-0.4, -0.2) is 97.4 Å². The summed E-state index contributed by atoms with van der Waals surface area (Å²) in [5.74, 6) is -0.992. The van der Waals surface area contributed by atoms with Crippen molar-refractivity contribution >= 4 is 42.5 Å². The van der Waals surface area contributed by atoms with E-state index in [9.17, 15) is 24.4 Å². The number of anilines is 2. The third kappa shape index (κ3) is 9.24. The molecule has 4 aromatic rings. The van der Waals surface area contributed by atoms with Crippen LogP contribution in [0.5, 0.6) is 0 Å². The van der Waals surface area contributed by atoms with Gasteiger partial charge in [-0.2, -0.15) is 9.97 Å². The standard InChI is InChI=1S/C36H47N8O9P/c1-4-50-32(46)25(18-22-12-8-6-9-13-22)42-54(49,43-26(33(47)51-5-2)19-23-14-10-7-11-15-23)52-20-27-29(45)36(3,48)34(53-27)44-21-38-28-30(39-24-16-17-24)40-35(37)41-31(28)44/h6-15,21,24-27,29,34,45,48H,4-5,16-20H2,1-3H3,(H2,42,43,49)(H3,37,39,40,41)/t25-,26-,27+,29?,34+,36?/m0/s1. The number of esters is 2. The van der Waals surface area contributed by atoms with Crippen molar-refractivity contribution in [2.45, 2.75) is 88.6 Å². The Hall–Kier alpha value is -4.48. The lowest BCUT2D eigenvalue weighted by Gasteiger charge is -2.30. The van der Waals surface area contributed by atoms with E-state index in [1.54, 1.807) is 62.4 Å². The zero-order valence-electron chi connectivity index (χ0n) is 30.3. The number of fused-ring (bicyclic) bond motifs is 1. The molecule has 6 rings (SSSR count). The maximum absolute atomic E-state index is 15.0. The number of aliphatic hydroxyl groups excluding tert-OH is 1. The van der Waals surface area contributed by atoms with Crippen LogP contribution >= 0.6 is 7.67 Å². The largest absolute Gasteiger partial charge is 0.465 e. The van der Waals surface area contributed by atoms with Gasteiger partial charge in [0.15, 0.2) is 23.2 Å². The molecular formula is C36H47N8O9P. The second-order valence-corrected chi connectivity index (χ2v) is 15.3. The van der Waals surface area contributed by atoms with Crippen LogP contribution < -0.4 is 21.2 Å². The predicted molar refractivity (Wildman–Crippen MR) is 198 cm³/mol. The molecule has 2 unspecified atom stereocenters. The Morgan fingerprint density at radius 1 is 0.981 bits per heavy atom. The van der Waals surface area contributed by atoms with Crippen molar-refractivity contribution in [2.24, 2.45) is 0 Å². The maximum atomic E-state index is 15.0. The van der Waals surface area contributed by atoms with Gasteiger partial charge in [-0.3, -0.25) is 18.7 Å². The van der Waals surface area contributed by atoms with Crippen molar-refractivity contribution in [1.29, 1.82) is 0 Å². The fourth-order valence-corrected chi connectivity index (χ4v) is 8.05. The van der Waals surface area contributed by atoms with Crippen LogP contribution in [0.3, 0.4) is 0 Å². The summed E-state index contributed by atoms with van der Waals surface area (Å²) in [6, 6.07) is 15.9. The Labute approximate surface area is 312 Å². The molecule has 0 bridgehead atoms. The summed E-state index contributed by atoms with van der Waals surface area (Å²) in [4.78, 5) is 39.7. The molecule has 1 saturated heterocycles. The molecule has 3 heterocycles. The molecule has 0 spiro atoms. The van der Waals surface area contributed by atoms with Gasteiger partial charge in [-0.1, -0.05) is 60.7 Å². The zero-order chi connectivity index (χ0) is 38.5. The number of nitrogen functional groups attached to an aromatic ring is 1.